The second kappa shape index (κ2) is 7.35. The summed E-state index contributed by atoms with van der Waals surface area (Å²) in [5, 5.41) is 8.67. The molecule has 5 nitrogen and oxygen atoms in total. The molecule has 0 spiro atoms. The van der Waals surface area contributed by atoms with E-state index in [4.69, 9.17) is 9.51 Å². The molecule has 1 N–H and O–H groups in total. The second-order valence-corrected chi connectivity index (χ2v) is 8.16. The maximum Gasteiger partial charge on any atom is 0.243 e. The van der Waals surface area contributed by atoms with Crippen molar-refractivity contribution >= 4 is 23.5 Å². The Bertz CT molecular complexity index is 450. The Morgan fingerprint density at radius 2 is 2.10 bits per heavy atom. The third-order valence-electron chi connectivity index (χ3n) is 4.22. The quantitative estimate of drug-likeness (QED) is 0.910. The van der Waals surface area contributed by atoms with E-state index in [1.54, 1.807) is 0 Å². The summed E-state index contributed by atoms with van der Waals surface area (Å²) in [7, 11) is 0. The largest absolute Gasteiger partial charge is 0.338 e. The van der Waals surface area contributed by atoms with Gasteiger partial charge < -0.3 is 9.84 Å². The lowest BCUT2D eigenvalue weighted by Gasteiger charge is -2.30. The molecule has 0 aliphatic carbocycles. The van der Waals surface area contributed by atoms with E-state index in [2.05, 4.69) is 41.0 Å². The SMILES string of the molecule is CCC1SCCSC1c1noc(C(C)N2CCNCC2)n1. The maximum atomic E-state index is 5.58. The Morgan fingerprint density at radius 3 is 2.86 bits per heavy atom. The van der Waals surface area contributed by atoms with Gasteiger partial charge in [0.1, 0.15) is 0 Å². The van der Waals surface area contributed by atoms with Gasteiger partial charge in [-0.25, -0.2) is 0 Å². The molecule has 1 aromatic rings. The fourth-order valence-corrected chi connectivity index (χ4v) is 5.88. The number of nitrogens with zero attached hydrogens (tertiary/aromatic N) is 3. The first-order chi connectivity index (χ1) is 10.3. The van der Waals surface area contributed by atoms with Crippen LogP contribution in [0.3, 0.4) is 0 Å². The molecule has 0 aromatic carbocycles. The van der Waals surface area contributed by atoms with Gasteiger partial charge in [0.25, 0.3) is 0 Å². The first-order valence-electron chi connectivity index (χ1n) is 7.81. The minimum atomic E-state index is 0.217. The van der Waals surface area contributed by atoms with Gasteiger partial charge in [-0.15, -0.1) is 11.8 Å². The summed E-state index contributed by atoms with van der Waals surface area (Å²) in [5.41, 5.74) is 0. The third-order valence-corrected chi connectivity index (χ3v) is 7.46. The van der Waals surface area contributed by atoms with E-state index in [0.717, 1.165) is 37.9 Å². The summed E-state index contributed by atoms with van der Waals surface area (Å²) in [4.78, 5) is 7.14. The molecule has 1 aromatic heterocycles. The molecule has 21 heavy (non-hydrogen) atoms. The highest BCUT2D eigenvalue weighted by atomic mass is 32.2. The first-order valence-corrected chi connectivity index (χ1v) is 9.90. The normalized spacial score (nSPS) is 29.4. The minimum Gasteiger partial charge on any atom is -0.338 e. The van der Waals surface area contributed by atoms with Gasteiger partial charge in [-0.3, -0.25) is 4.90 Å². The Morgan fingerprint density at radius 1 is 1.33 bits per heavy atom. The number of piperazine rings is 1. The van der Waals surface area contributed by atoms with Crippen LogP contribution in [0.4, 0.5) is 0 Å². The number of hydrogen-bond acceptors (Lipinski definition) is 7. The van der Waals surface area contributed by atoms with Crippen molar-refractivity contribution in [2.24, 2.45) is 0 Å². The van der Waals surface area contributed by atoms with Gasteiger partial charge in [0, 0.05) is 42.9 Å². The van der Waals surface area contributed by atoms with Crippen molar-refractivity contribution in [3.8, 4) is 0 Å². The van der Waals surface area contributed by atoms with Crippen molar-refractivity contribution in [1.29, 1.82) is 0 Å². The maximum absolute atomic E-state index is 5.58. The summed E-state index contributed by atoms with van der Waals surface area (Å²) in [6.07, 6.45) is 1.17. The second-order valence-electron chi connectivity index (χ2n) is 5.56. The molecule has 2 aliphatic heterocycles. The summed E-state index contributed by atoms with van der Waals surface area (Å²) in [6, 6.07) is 0.217. The van der Waals surface area contributed by atoms with E-state index in [9.17, 15) is 0 Å². The molecule has 2 aliphatic rings. The Kier molecular flexibility index (Phi) is 5.48. The Balaban J connectivity index is 1.69. The molecule has 0 bridgehead atoms. The number of aromatic nitrogens is 2. The third kappa shape index (κ3) is 3.57. The van der Waals surface area contributed by atoms with Crippen LogP contribution in [0.1, 0.15) is 43.3 Å². The van der Waals surface area contributed by atoms with E-state index in [-0.39, 0.29) is 6.04 Å². The smallest absolute Gasteiger partial charge is 0.243 e. The molecule has 2 fully saturated rings. The highest BCUT2D eigenvalue weighted by Gasteiger charge is 2.31. The van der Waals surface area contributed by atoms with Crippen molar-refractivity contribution in [2.75, 3.05) is 37.7 Å². The molecule has 3 rings (SSSR count). The zero-order chi connectivity index (χ0) is 14.7. The standard InChI is InChI=1S/C14H24N4OS2/c1-3-11-12(21-9-8-20-11)13-16-14(19-17-13)10(2)18-6-4-15-5-7-18/h10-12,15H,3-9H2,1-2H3. The molecule has 3 unspecified atom stereocenters. The molecular formula is C14H24N4OS2. The number of thioether (sulfide) groups is 2. The molecule has 0 amide bonds. The zero-order valence-corrected chi connectivity index (χ0v) is 14.4. The predicted octanol–water partition coefficient (Wildman–Crippen LogP) is 2.34. The molecular weight excluding hydrogens is 304 g/mol. The lowest BCUT2D eigenvalue weighted by molar-refractivity contribution is 0.154. The van der Waals surface area contributed by atoms with Crippen molar-refractivity contribution in [3.63, 3.8) is 0 Å². The van der Waals surface area contributed by atoms with E-state index in [1.807, 2.05) is 11.8 Å². The lowest BCUT2D eigenvalue weighted by atomic mass is 10.2. The summed E-state index contributed by atoms with van der Waals surface area (Å²) in [6.45, 7) is 8.59. The monoisotopic (exact) mass is 328 g/mol. The van der Waals surface area contributed by atoms with Gasteiger partial charge in [-0.05, 0) is 13.3 Å². The van der Waals surface area contributed by atoms with Crippen LogP contribution < -0.4 is 5.32 Å². The van der Waals surface area contributed by atoms with Gasteiger partial charge in [-0.1, -0.05) is 12.1 Å². The molecule has 7 heteroatoms. The van der Waals surface area contributed by atoms with Crippen molar-refractivity contribution in [2.45, 2.75) is 36.8 Å². The van der Waals surface area contributed by atoms with Gasteiger partial charge in [-0.2, -0.15) is 16.7 Å². The van der Waals surface area contributed by atoms with Gasteiger partial charge >= 0.3 is 0 Å². The fraction of sp³-hybridized carbons (Fsp3) is 0.857. The Hall–Kier alpha value is -0.240. The number of hydrogen-bond donors (Lipinski definition) is 1. The number of nitrogens with one attached hydrogen (secondary N) is 1. The molecule has 3 atom stereocenters. The highest BCUT2D eigenvalue weighted by molar-refractivity contribution is 8.06. The zero-order valence-electron chi connectivity index (χ0n) is 12.7. The van der Waals surface area contributed by atoms with Crippen molar-refractivity contribution in [1.82, 2.24) is 20.4 Å². The van der Waals surface area contributed by atoms with E-state index in [0.29, 0.717) is 10.5 Å². The topological polar surface area (TPSA) is 54.2 Å². The van der Waals surface area contributed by atoms with Crippen LogP contribution in [0, 0.1) is 0 Å². The molecule has 0 saturated carbocycles. The van der Waals surface area contributed by atoms with Crippen LogP contribution in [-0.4, -0.2) is 58.0 Å². The van der Waals surface area contributed by atoms with Gasteiger partial charge in [0.2, 0.25) is 5.89 Å². The molecule has 2 saturated heterocycles. The minimum absolute atomic E-state index is 0.217. The van der Waals surface area contributed by atoms with Crippen LogP contribution in [0.2, 0.25) is 0 Å². The summed E-state index contributed by atoms with van der Waals surface area (Å²) < 4.78 is 5.58. The van der Waals surface area contributed by atoms with Crippen molar-refractivity contribution in [3.05, 3.63) is 11.7 Å². The molecule has 118 valence electrons. The Labute approximate surface area is 135 Å². The molecule has 3 heterocycles. The summed E-state index contributed by atoms with van der Waals surface area (Å²) >= 11 is 4.03. The van der Waals surface area contributed by atoms with E-state index in [1.165, 1.54) is 17.9 Å². The van der Waals surface area contributed by atoms with Gasteiger partial charge in [0.05, 0.1) is 11.3 Å². The first kappa shape index (κ1) is 15.6. The highest BCUT2D eigenvalue weighted by Crippen LogP contribution is 2.43. The van der Waals surface area contributed by atoms with E-state index >= 15 is 0 Å². The lowest BCUT2D eigenvalue weighted by Crippen LogP contribution is -2.44. The summed E-state index contributed by atoms with van der Waals surface area (Å²) in [5.74, 6) is 4.10. The van der Waals surface area contributed by atoms with Gasteiger partial charge in [0.15, 0.2) is 5.82 Å². The van der Waals surface area contributed by atoms with Crippen molar-refractivity contribution < 1.29 is 4.52 Å². The average Bonchev–Trinajstić information content (AvgIpc) is 3.04. The van der Waals surface area contributed by atoms with E-state index < -0.39 is 0 Å². The van der Waals surface area contributed by atoms with Crippen LogP contribution in [0.5, 0.6) is 0 Å². The van der Waals surface area contributed by atoms with Crippen LogP contribution in [0.15, 0.2) is 4.52 Å². The average molecular weight is 329 g/mol. The predicted molar refractivity (Wildman–Crippen MR) is 88.9 cm³/mol. The number of rotatable bonds is 4. The molecule has 0 radical (unpaired) electrons. The van der Waals surface area contributed by atoms with Crippen LogP contribution >= 0.6 is 23.5 Å². The van der Waals surface area contributed by atoms with Crippen LogP contribution in [-0.2, 0) is 0 Å². The fourth-order valence-electron chi connectivity index (χ4n) is 2.90. The van der Waals surface area contributed by atoms with Crippen LogP contribution in [0.25, 0.3) is 0 Å².